The molecule has 0 aliphatic carbocycles. The van der Waals surface area contributed by atoms with Gasteiger partial charge in [-0.25, -0.2) is 4.39 Å². The first-order valence-corrected chi connectivity index (χ1v) is 7.17. The Morgan fingerprint density at radius 1 is 1.30 bits per heavy atom. The van der Waals surface area contributed by atoms with E-state index < -0.39 is 0 Å². The maximum Gasteiger partial charge on any atom is 0.191 e. The monoisotopic (exact) mass is 279 g/mol. The van der Waals surface area contributed by atoms with Crippen LogP contribution in [0.2, 0.25) is 0 Å². The molecule has 0 spiro atoms. The Hall–Kier alpha value is -1.58. The number of rotatable bonds is 5. The molecule has 1 aromatic carbocycles. The summed E-state index contributed by atoms with van der Waals surface area (Å²) in [6.45, 7) is 9.03. The summed E-state index contributed by atoms with van der Waals surface area (Å²) in [5, 5.41) is 6.55. The average molecular weight is 279 g/mol. The molecule has 0 aliphatic rings. The molecule has 1 aromatic rings. The lowest BCUT2D eigenvalue weighted by atomic mass is 10.1. The molecule has 1 unspecified atom stereocenters. The first-order valence-electron chi connectivity index (χ1n) is 7.17. The number of halogens is 1. The van der Waals surface area contributed by atoms with E-state index in [2.05, 4.69) is 29.5 Å². The molecule has 0 saturated heterocycles. The third-order valence-electron chi connectivity index (χ3n) is 3.29. The van der Waals surface area contributed by atoms with Gasteiger partial charge in [0, 0.05) is 13.6 Å². The molecule has 2 N–H and O–H groups in total. The van der Waals surface area contributed by atoms with Crippen LogP contribution in [0, 0.1) is 18.7 Å². The zero-order valence-corrected chi connectivity index (χ0v) is 13.1. The molecule has 4 heteroatoms. The quantitative estimate of drug-likeness (QED) is 0.640. The van der Waals surface area contributed by atoms with Crippen LogP contribution in [-0.2, 0) is 0 Å². The van der Waals surface area contributed by atoms with Gasteiger partial charge < -0.3 is 10.6 Å². The van der Waals surface area contributed by atoms with Crippen molar-refractivity contribution in [2.45, 2.75) is 40.2 Å². The fourth-order valence-corrected chi connectivity index (χ4v) is 1.84. The van der Waals surface area contributed by atoms with E-state index in [0.29, 0.717) is 11.5 Å². The SMILES string of the molecule is CN=C(NCCC(C)C)NC(C)c1ccc(C)c(F)c1. The van der Waals surface area contributed by atoms with Gasteiger partial charge in [0.15, 0.2) is 5.96 Å². The summed E-state index contributed by atoms with van der Waals surface area (Å²) in [5.41, 5.74) is 1.58. The molecular weight excluding hydrogens is 253 g/mol. The summed E-state index contributed by atoms with van der Waals surface area (Å²) in [6, 6.07) is 5.33. The van der Waals surface area contributed by atoms with Crippen molar-refractivity contribution in [3.8, 4) is 0 Å². The molecule has 0 heterocycles. The number of benzene rings is 1. The number of nitrogens with one attached hydrogen (secondary N) is 2. The van der Waals surface area contributed by atoms with Crippen molar-refractivity contribution in [2.75, 3.05) is 13.6 Å². The van der Waals surface area contributed by atoms with Crippen molar-refractivity contribution in [1.82, 2.24) is 10.6 Å². The summed E-state index contributed by atoms with van der Waals surface area (Å²) in [4.78, 5) is 4.19. The van der Waals surface area contributed by atoms with Crippen LogP contribution in [0.1, 0.15) is 44.4 Å². The van der Waals surface area contributed by atoms with Crippen LogP contribution in [0.4, 0.5) is 4.39 Å². The van der Waals surface area contributed by atoms with E-state index in [1.807, 2.05) is 13.0 Å². The molecule has 112 valence electrons. The Kier molecular flexibility index (Phi) is 6.49. The fourth-order valence-electron chi connectivity index (χ4n) is 1.84. The van der Waals surface area contributed by atoms with Gasteiger partial charge in [0.1, 0.15) is 5.82 Å². The van der Waals surface area contributed by atoms with E-state index in [0.717, 1.165) is 24.5 Å². The number of hydrogen-bond donors (Lipinski definition) is 2. The highest BCUT2D eigenvalue weighted by atomic mass is 19.1. The van der Waals surface area contributed by atoms with Crippen molar-refractivity contribution >= 4 is 5.96 Å². The molecule has 1 rings (SSSR count). The molecule has 3 nitrogen and oxygen atoms in total. The molecular formula is C16H26FN3. The lowest BCUT2D eigenvalue weighted by Crippen LogP contribution is -2.39. The van der Waals surface area contributed by atoms with E-state index in [4.69, 9.17) is 0 Å². The first kappa shape index (κ1) is 16.5. The van der Waals surface area contributed by atoms with Gasteiger partial charge in [-0.1, -0.05) is 26.0 Å². The number of aryl methyl sites for hydroxylation is 1. The topological polar surface area (TPSA) is 36.4 Å². The number of nitrogens with zero attached hydrogens (tertiary/aromatic N) is 1. The number of aliphatic imine (C=N–C) groups is 1. The molecule has 0 aliphatic heterocycles. The van der Waals surface area contributed by atoms with Crippen molar-refractivity contribution in [2.24, 2.45) is 10.9 Å². The Balaban J connectivity index is 2.58. The van der Waals surface area contributed by atoms with Gasteiger partial charge in [-0.2, -0.15) is 0 Å². The minimum Gasteiger partial charge on any atom is -0.356 e. The van der Waals surface area contributed by atoms with Gasteiger partial charge in [0.2, 0.25) is 0 Å². The molecule has 0 aromatic heterocycles. The maximum atomic E-state index is 13.6. The van der Waals surface area contributed by atoms with Crippen LogP contribution in [0.25, 0.3) is 0 Å². The highest BCUT2D eigenvalue weighted by Gasteiger charge is 2.09. The van der Waals surface area contributed by atoms with Crippen molar-refractivity contribution in [1.29, 1.82) is 0 Å². The lowest BCUT2D eigenvalue weighted by Gasteiger charge is -2.19. The third-order valence-corrected chi connectivity index (χ3v) is 3.29. The Morgan fingerprint density at radius 3 is 2.55 bits per heavy atom. The second kappa shape index (κ2) is 7.88. The summed E-state index contributed by atoms with van der Waals surface area (Å²) >= 11 is 0. The second-order valence-electron chi connectivity index (χ2n) is 5.56. The molecule has 0 saturated carbocycles. The van der Waals surface area contributed by atoms with Crippen LogP contribution in [-0.4, -0.2) is 19.6 Å². The van der Waals surface area contributed by atoms with E-state index in [-0.39, 0.29) is 11.9 Å². The standard InChI is InChI=1S/C16H26FN3/c1-11(2)8-9-19-16(18-5)20-13(4)14-7-6-12(3)15(17)10-14/h6-7,10-11,13H,8-9H2,1-5H3,(H2,18,19,20). The minimum atomic E-state index is -0.168. The smallest absolute Gasteiger partial charge is 0.191 e. The van der Waals surface area contributed by atoms with E-state index in [9.17, 15) is 4.39 Å². The maximum absolute atomic E-state index is 13.6. The zero-order valence-electron chi connectivity index (χ0n) is 13.1. The van der Waals surface area contributed by atoms with E-state index in [1.54, 1.807) is 26.1 Å². The Morgan fingerprint density at radius 2 is 2.00 bits per heavy atom. The largest absolute Gasteiger partial charge is 0.356 e. The summed E-state index contributed by atoms with van der Waals surface area (Å²) in [5.74, 6) is 1.24. The van der Waals surface area contributed by atoms with Crippen molar-refractivity contribution in [3.05, 3.63) is 35.1 Å². The second-order valence-corrected chi connectivity index (χ2v) is 5.56. The normalized spacial score (nSPS) is 13.4. The van der Waals surface area contributed by atoms with Gasteiger partial charge in [0.25, 0.3) is 0 Å². The minimum absolute atomic E-state index is 0.00958. The Bertz CT molecular complexity index is 455. The van der Waals surface area contributed by atoms with Crippen LogP contribution in [0.3, 0.4) is 0 Å². The number of hydrogen-bond acceptors (Lipinski definition) is 1. The predicted molar refractivity (Wildman–Crippen MR) is 83.5 cm³/mol. The van der Waals surface area contributed by atoms with Crippen molar-refractivity contribution in [3.63, 3.8) is 0 Å². The third kappa shape index (κ3) is 5.19. The lowest BCUT2D eigenvalue weighted by molar-refractivity contribution is 0.568. The highest BCUT2D eigenvalue weighted by molar-refractivity contribution is 5.80. The van der Waals surface area contributed by atoms with Crippen LogP contribution < -0.4 is 10.6 Å². The molecule has 1 atom stereocenters. The summed E-state index contributed by atoms with van der Waals surface area (Å²) < 4.78 is 13.6. The van der Waals surface area contributed by atoms with Gasteiger partial charge in [-0.3, -0.25) is 4.99 Å². The average Bonchev–Trinajstić information content (AvgIpc) is 2.40. The molecule has 0 fully saturated rings. The van der Waals surface area contributed by atoms with Crippen molar-refractivity contribution < 1.29 is 4.39 Å². The van der Waals surface area contributed by atoms with Crippen LogP contribution in [0.15, 0.2) is 23.2 Å². The summed E-state index contributed by atoms with van der Waals surface area (Å²) in [7, 11) is 1.74. The van der Waals surface area contributed by atoms with Gasteiger partial charge in [-0.05, 0) is 43.4 Å². The molecule has 0 radical (unpaired) electrons. The van der Waals surface area contributed by atoms with E-state index >= 15 is 0 Å². The van der Waals surface area contributed by atoms with Gasteiger partial charge >= 0.3 is 0 Å². The Labute approximate surface area is 121 Å². The van der Waals surface area contributed by atoms with Gasteiger partial charge in [-0.15, -0.1) is 0 Å². The highest BCUT2D eigenvalue weighted by Crippen LogP contribution is 2.16. The van der Waals surface area contributed by atoms with E-state index in [1.165, 1.54) is 0 Å². The molecule has 0 amide bonds. The fraction of sp³-hybridized carbons (Fsp3) is 0.562. The first-order chi connectivity index (χ1) is 9.43. The molecule has 20 heavy (non-hydrogen) atoms. The van der Waals surface area contributed by atoms with Crippen LogP contribution >= 0.6 is 0 Å². The van der Waals surface area contributed by atoms with Crippen LogP contribution in [0.5, 0.6) is 0 Å². The van der Waals surface area contributed by atoms with Gasteiger partial charge in [0.05, 0.1) is 6.04 Å². The molecule has 0 bridgehead atoms. The zero-order chi connectivity index (χ0) is 15.1. The summed E-state index contributed by atoms with van der Waals surface area (Å²) in [6.07, 6.45) is 1.09. The number of guanidine groups is 1. The predicted octanol–water partition coefficient (Wildman–Crippen LogP) is 3.41.